The standard InChI is InChI=1S/C12H19N3O2S/c1-2-17-9-4-3-5-15(7-9)12(16)10-8-18-11(6-13)14-10/h8-9H,2-7,13H2,1H3/t9-/m1/s1. The number of carbonyl (C=O) groups is 1. The van der Waals surface area contributed by atoms with Gasteiger partial charge in [0.25, 0.3) is 5.91 Å². The molecule has 0 spiro atoms. The Kier molecular flexibility index (Phi) is 4.68. The van der Waals surface area contributed by atoms with Crippen LogP contribution in [0.3, 0.4) is 0 Å². The number of ether oxygens (including phenoxy) is 1. The number of hydrogen-bond donors (Lipinski definition) is 1. The third-order valence-electron chi connectivity index (χ3n) is 3.01. The minimum atomic E-state index is -0.00430. The van der Waals surface area contributed by atoms with Crippen molar-refractivity contribution in [3.05, 3.63) is 16.1 Å². The highest BCUT2D eigenvalue weighted by Gasteiger charge is 2.25. The SMILES string of the molecule is CCO[C@@H]1CCCN(C(=O)c2csc(CN)n2)C1. The van der Waals surface area contributed by atoms with Gasteiger partial charge in [0, 0.05) is 31.6 Å². The van der Waals surface area contributed by atoms with Gasteiger partial charge in [0.1, 0.15) is 10.7 Å². The molecule has 0 unspecified atom stereocenters. The highest BCUT2D eigenvalue weighted by Crippen LogP contribution is 2.17. The lowest BCUT2D eigenvalue weighted by atomic mass is 10.1. The lowest BCUT2D eigenvalue weighted by Gasteiger charge is -2.32. The third kappa shape index (κ3) is 3.07. The first kappa shape index (κ1) is 13.5. The van der Waals surface area contributed by atoms with Crippen LogP contribution in [0.4, 0.5) is 0 Å². The summed E-state index contributed by atoms with van der Waals surface area (Å²) < 4.78 is 5.59. The summed E-state index contributed by atoms with van der Waals surface area (Å²) in [6.07, 6.45) is 2.19. The second-order valence-corrected chi connectivity index (χ2v) is 5.24. The molecule has 1 aliphatic rings. The normalized spacial score (nSPS) is 20.1. The fourth-order valence-electron chi connectivity index (χ4n) is 2.16. The molecule has 100 valence electrons. The quantitative estimate of drug-likeness (QED) is 0.893. The van der Waals surface area contributed by atoms with Gasteiger partial charge >= 0.3 is 0 Å². The van der Waals surface area contributed by atoms with Crippen molar-refractivity contribution in [2.24, 2.45) is 5.73 Å². The highest BCUT2D eigenvalue weighted by molar-refractivity contribution is 7.09. The topological polar surface area (TPSA) is 68.5 Å². The predicted molar refractivity (Wildman–Crippen MR) is 70.6 cm³/mol. The van der Waals surface area contributed by atoms with Gasteiger partial charge in [-0.2, -0.15) is 0 Å². The van der Waals surface area contributed by atoms with Gasteiger partial charge in [-0.05, 0) is 19.8 Å². The van der Waals surface area contributed by atoms with Crippen LogP contribution in [0.5, 0.6) is 0 Å². The first-order valence-electron chi connectivity index (χ1n) is 6.30. The van der Waals surface area contributed by atoms with Crippen LogP contribution in [-0.2, 0) is 11.3 Å². The van der Waals surface area contributed by atoms with Crippen LogP contribution < -0.4 is 5.73 Å². The summed E-state index contributed by atoms with van der Waals surface area (Å²) in [7, 11) is 0. The lowest BCUT2D eigenvalue weighted by molar-refractivity contribution is 0.00706. The number of hydrogen-bond acceptors (Lipinski definition) is 5. The summed E-state index contributed by atoms with van der Waals surface area (Å²) in [5, 5.41) is 2.59. The number of nitrogens with zero attached hydrogens (tertiary/aromatic N) is 2. The van der Waals surface area contributed by atoms with Crippen molar-refractivity contribution in [3.8, 4) is 0 Å². The van der Waals surface area contributed by atoms with Crippen molar-refractivity contribution in [1.29, 1.82) is 0 Å². The molecule has 6 heteroatoms. The molecule has 2 rings (SSSR count). The Labute approximate surface area is 111 Å². The Hall–Kier alpha value is -0.980. The van der Waals surface area contributed by atoms with E-state index in [0.29, 0.717) is 25.4 Å². The zero-order valence-electron chi connectivity index (χ0n) is 10.6. The summed E-state index contributed by atoms with van der Waals surface area (Å²) in [5.41, 5.74) is 6.02. The Morgan fingerprint density at radius 1 is 1.72 bits per heavy atom. The summed E-state index contributed by atoms with van der Waals surface area (Å²) >= 11 is 1.44. The Morgan fingerprint density at radius 3 is 3.22 bits per heavy atom. The lowest BCUT2D eigenvalue weighted by Crippen LogP contribution is -2.43. The van der Waals surface area contributed by atoms with Crippen LogP contribution in [0.25, 0.3) is 0 Å². The molecule has 0 aliphatic carbocycles. The molecule has 5 nitrogen and oxygen atoms in total. The van der Waals surface area contributed by atoms with Crippen molar-refractivity contribution in [2.45, 2.75) is 32.4 Å². The molecule has 18 heavy (non-hydrogen) atoms. The molecule has 0 radical (unpaired) electrons. The Balaban J connectivity index is 1.99. The minimum absolute atomic E-state index is 0.00430. The number of nitrogens with two attached hydrogens (primary N) is 1. The van der Waals surface area contributed by atoms with Crippen LogP contribution >= 0.6 is 11.3 Å². The number of aromatic nitrogens is 1. The largest absolute Gasteiger partial charge is 0.377 e. The molecule has 1 atom stereocenters. The van der Waals surface area contributed by atoms with E-state index in [0.717, 1.165) is 24.4 Å². The van der Waals surface area contributed by atoms with E-state index in [1.165, 1.54) is 11.3 Å². The molecule has 1 saturated heterocycles. The maximum absolute atomic E-state index is 12.3. The van der Waals surface area contributed by atoms with E-state index in [2.05, 4.69) is 4.98 Å². The van der Waals surface area contributed by atoms with Crippen molar-refractivity contribution in [3.63, 3.8) is 0 Å². The molecule has 0 saturated carbocycles. The fourth-order valence-corrected chi connectivity index (χ4v) is 2.81. The van der Waals surface area contributed by atoms with Gasteiger partial charge in [0.05, 0.1) is 6.10 Å². The van der Waals surface area contributed by atoms with Gasteiger partial charge in [-0.1, -0.05) is 0 Å². The first-order valence-corrected chi connectivity index (χ1v) is 7.18. The van der Waals surface area contributed by atoms with Crippen LogP contribution in [0.1, 0.15) is 35.3 Å². The summed E-state index contributed by atoms with van der Waals surface area (Å²) in [6, 6.07) is 0. The first-order chi connectivity index (χ1) is 8.74. The number of amides is 1. The van der Waals surface area contributed by atoms with Crippen molar-refractivity contribution in [2.75, 3.05) is 19.7 Å². The molecule has 0 bridgehead atoms. The van der Waals surface area contributed by atoms with Crippen LogP contribution in [0, 0.1) is 0 Å². The summed E-state index contributed by atoms with van der Waals surface area (Å²) in [6.45, 7) is 4.52. The molecule has 1 aliphatic heterocycles. The van der Waals surface area contributed by atoms with Crippen molar-refractivity contribution < 1.29 is 9.53 Å². The second-order valence-electron chi connectivity index (χ2n) is 4.30. The zero-order valence-corrected chi connectivity index (χ0v) is 11.4. The molecule has 2 N–H and O–H groups in total. The summed E-state index contributed by atoms with van der Waals surface area (Å²) in [4.78, 5) is 18.3. The number of likely N-dealkylation sites (tertiary alicyclic amines) is 1. The van der Waals surface area contributed by atoms with Gasteiger partial charge in [-0.3, -0.25) is 4.79 Å². The van der Waals surface area contributed by atoms with Gasteiger partial charge in [0.2, 0.25) is 0 Å². The molecular formula is C12H19N3O2S. The number of carbonyl (C=O) groups excluding carboxylic acids is 1. The number of rotatable bonds is 4. The van der Waals surface area contributed by atoms with E-state index in [1.54, 1.807) is 5.38 Å². The van der Waals surface area contributed by atoms with Gasteiger partial charge in [0.15, 0.2) is 0 Å². The van der Waals surface area contributed by atoms with E-state index >= 15 is 0 Å². The van der Waals surface area contributed by atoms with Crippen LogP contribution in [0.15, 0.2) is 5.38 Å². The molecule has 1 amide bonds. The molecule has 2 heterocycles. The second kappa shape index (κ2) is 6.26. The molecule has 1 aromatic rings. The molecule has 1 fully saturated rings. The molecular weight excluding hydrogens is 250 g/mol. The van der Waals surface area contributed by atoms with Gasteiger partial charge in [-0.15, -0.1) is 11.3 Å². The highest BCUT2D eigenvalue weighted by atomic mass is 32.1. The van der Waals surface area contributed by atoms with Gasteiger partial charge in [-0.25, -0.2) is 4.98 Å². The van der Waals surface area contributed by atoms with E-state index < -0.39 is 0 Å². The minimum Gasteiger partial charge on any atom is -0.377 e. The average Bonchev–Trinajstić information content (AvgIpc) is 2.87. The Morgan fingerprint density at radius 2 is 2.56 bits per heavy atom. The van der Waals surface area contributed by atoms with E-state index in [4.69, 9.17) is 10.5 Å². The number of piperidine rings is 1. The predicted octanol–water partition coefficient (Wildman–Crippen LogP) is 1.24. The maximum Gasteiger partial charge on any atom is 0.273 e. The molecule has 1 aromatic heterocycles. The third-order valence-corrected chi connectivity index (χ3v) is 3.88. The van der Waals surface area contributed by atoms with E-state index in [1.807, 2.05) is 11.8 Å². The zero-order chi connectivity index (χ0) is 13.0. The fraction of sp³-hybridized carbons (Fsp3) is 0.667. The Bertz CT molecular complexity index is 406. The van der Waals surface area contributed by atoms with E-state index in [9.17, 15) is 4.79 Å². The smallest absolute Gasteiger partial charge is 0.273 e. The van der Waals surface area contributed by atoms with E-state index in [-0.39, 0.29) is 12.0 Å². The maximum atomic E-state index is 12.3. The van der Waals surface area contributed by atoms with Crippen LogP contribution in [0.2, 0.25) is 0 Å². The van der Waals surface area contributed by atoms with Gasteiger partial charge < -0.3 is 15.4 Å². The van der Waals surface area contributed by atoms with Crippen molar-refractivity contribution >= 4 is 17.2 Å². The average molecular weight is 269 g/mol. The summed E-state index contributed by atoms with van der Waals surface area (Å²) in [5.74, 6) is -0.00430. The molecule has 0 aromatic carbocycles. The van der Waals surface area contributed by atoms with Crippen molar-refractivity contribution in [1.82, 2.24) is 9.88 Å². The monoisotopic (exact) mass is 269 g/mol. The number of thiazole rings is 1. The van der Waals surface area contributed by atoms with Crippen LogP contribution in [-0.4, -0.2) is 41.6 Å².